The molecule has 0 radical (unpaired) electrons. The van der Waals surface area contributed by atoms with E-state index >= 15 is 0 Å². The standard InChI is InChI=1S/C18H8Cl2N4S3/c19-12-1-5-14(6-2-12)25-17-16(11(9-21)10-22)18(24-27-23-17)26-15-7-3-13(20)4-8-15/h1-8H. The normalized spacial score (nSPS) is 13.3. The van der Waals surface area contributed by atoms with Gasteiger partial charge in [-0.25, -0.2) is 0 Å². The molecule has 0 unspecified atom stereocenters. The van der Waals surface area contributed by atoms with Gasteiger partial charge >= 0.3 is 0 Å². The van der Waals surface area contributed by atoms with Crippen LogP contribution in [0.1, 0.15) is 0 Å². The molecule has 0 aliphatic carbocycles. The van der Waals surface area contributed by atoms with E-state index in [1.54, 1.807) is 24.3 Å². The Morgan fingerprint density at radius 2 is 1.19 bits per heavy atom. The number of allylic oxidation sites excluding steroid dienone is 1. The molecule has 0 fully saturated rings. The quantitative estimate of drug-likeness (QED) is 0.383. The SMILES string of the molecule is N#CC(C#N)=C1C(Sc2ccc(Cl)cc2)=NSN=C1Sc1ccc(Cl)cc1. The zero-order chi connectivity index (χ0) is 19.2. The predicted molar refractivity (Wildman–Crippen MR) is 115 cm³/mol. The summed E-state index contributed by atoms with van der Waals surface area (Å²) in [5, 5.41) is 21.2. The Hall–Kier alpha value is -1.87. The number of halogens is 2. The van der Waals surface area contributed by atoms with Crippen molar-refractivity contribution in [3.8, 4) is 12.1 Å². The van der Waals surface area contributed by atoms with Crippen LogP contribution < -0.4 is 0 Å². The lowest BCUT2D eigenvalue weighted by Crippen LogP contribution is -2.12. The van der Waals surface area contributed by atoms with Gasteiger partial charge in [0.25, 0.3) is 0 Å². The van der Waals surface area contributed by atoms with E-state index in [9.17, 15) is 10.5 Å². The monoisotopic (exact) mass is 446 g/mol. The highest BCUT2D eigenvalue weighted by Gasteiger charge is 2.25. The van der Waals surface area contributed by atoms with E-state index in [0.717, 1.165) is 21.9 Å². The fourth-order valence-electron chi connectivity index (χ4n) is 2.00. The first-order valence-corrected chi connectivity index (χ1v) is 10.5. The third-order valence-corrected chi connectivity index (χ3v) is 6.46. The highest BCUT2D eigenvalue weighted by molar-refractivity contribution is 8.18. The lowest BCUT2D eigenvalue weighted by atomic mass is 10.1. The van der Waals surface area contributed by atoms with Gasteiger partial charge in [0.05, 0.1) is 5.57 Å². The molecule has 9 heteroatoms. The van der Waals surface area contributed by atoms with Gasteiger partial charge in [0.15, 0.2) is 0 Å². The van der Waals surface area contributed by atoms with Gasteiger partial charge in [-0.15, -0.1) is 0 Å². The summed E-state index contributed by atoms with van der Waals surface area (Å²) in [7, 11) is 0. The first-order chi connectivity index (χ1) is 13.1. The number of benzene rings is 2. The maximum atomic E-state index is 9.42. The Bertz CT molecular complexity index is 949. The number of rotatable bonds is 2. The summed E-state index contributed by atoms with van der Waals surface area (Å²) in [4.78, 5) is 1.79. The van der Waals surface area contributed by atoms with Crippen molar-refractivity contribution in [2.45, 2.75) is 9.79 Å². The Morgan fingerprint density at radius 1 is 0.778 bits per heavy atom. The molecular formula is C18H8Cl2N4S3. The zero-order valence-corrected chi connectivity index (χ0v) is 17.3. The highest BCUT2D eigenvalue weighted by Crippen LogP contribution is 2.37. The molecule has 2 aromatic carbocycles. The Morgan fingerprint density at radius 3 is 1.56 bits per heavy atom. The summed E-state index contributed by atoms with van der Waals surface area (Å²) < 4.78 is 8.67. The van der Waals surface area contributed by atoms with Gasteiger partial charge in [-0.1, -0.05) is 46.7 Å². The van der Waals surface area contributed by atoms with E-state index in [-0.39, 0.29) is 5.57 Å². The summed E-state index contributed by atoms with van der Waals surface area (Å²) in [5.41, 5.74) is 0.398. The van der Waals surface area contributed by atoms with Crippen LogP contribution in [-0.2, 0) is 0 Å². The van der Waals surface area contributed by atoms with Gasteiger partial charge in [-0.05, 0) is 48.5 Å². The molecule has 1 aliphatic heterocycles. The van der Waals surface area contributed by atoms with Crippen molar-refractivity contribution >= 4 is 68.9 Å². The van der Waals surface area contributed by atoms with Crippen LogP contribution in [0.2, 0.25) is 10.0 Å². The van der Waals surface area contributed by atoms with Crippen molar-refractivity contribution in [1.29, 1.82) is 10.5 Å². The Kier molecular flexibility index (Phi) is 6.89. The lowest BCUT2D eigenvalue weighted by Gasteiger charge is -2.16. The number of thioether (sulfide) groups is 2. The molecule has 0 saturated carbocycles. The van der Waals surface area contributed by atoms with E-state index in [0.29, 0.717) is 25.7 Å². The summed E-state index contributed by atoms with van der Waals surface area (Å²) in [5.74, 6) is 0. The molecule has 0 spiro atoms. The minimum absolute atomic E-state index is 0.0317. The summed E-state index contributed by atoms with van der Waals surface area (Å²) in [6, 6.07) is 18.4. The van der Waals surface area contributed by atoms with Crippen LogP contribution in [0, 0.1) is 22.7 Å². The smallest absolute Gasteiger partial charge is 0.142 e. The van der Waals surface area contributed by atoms with Crippen LogP contribution in [0.15, 0.2) is 78.3 Å². The molecule has 0 saturated heterocycles. The molecule has 4 nitrogen and oxygen atoms in total. The molecule has 27 heavy (non-hydrogen) atoms. The summed E-state index contributed by atoms with van der Waals surface area (Å²) in [6.07, 6.45) is 0. The largest absolute Gasteiger partial charge is 0.192 e. The fraction of sp³-hybridized carbons (Fsp3) is 0. The second-order valence-corrected chi connectivity index (χ2v) is 8.49. The van der Waals surface area contributed by atoms with Crippen molar-refractivity contribution in [1.82, 2.24) is 0 Å². The van der Waals surface area contributed by atoms with E-state index in [4.69, 9.17) is 23.2 Å². The maximum absolute atomic E-state index is 9.42. The van der Waals surface area contributed by atoms with E-state index in [1.807, 2.05) is 36.4 Å². The van der Waals surface area contributed by atoms with Crippen LogP contribution >= 0.6 is 58.9 Å². The van der Waals surface area contributed by atoms with E-state index in [1.165, 1.54) is 23.5 Å². The van der Waals surface area contributed by atoms with Crippen LogP contribution in [0.25, 0.3) is 0 Å². The minimum Gasteiger partial charge on any atom is -0.192 e. The topological polar surface area (TPSA) is 72.3 Å². The predicted octanol–water partition coefficient (Wildman–Crippen LogP) is 6.60. The number of nitriles is 2. The van der Waals surface area contributed by atoms with Crippen LogP contribution in [0.5, 0.6) is 0 Å². The van der Waals surface area contributed by atoms with Crippen LogP contribution in [-0.4, -0.2) is 10.1 Å². The van der Waals surface area contributed by atoms with Crippen molar-refractivity contribution in [2.24, 2.45) is 8.80 Å². The molecule has 3 rings (SSSR count). The third-order valence-electron chi connectivity index (χ3n) is 3.21. The zero-order valence-electron chi connectivity index (χ0n) is 13.4. The minimum atomic E-state index is -0.0317. The lowest BCUT2D eigenvalue weighted by molar-refractivity contribution is 1.45. The molecule has 1 heterocycles. The Balaban J connectivity index is 1.95. The first kappa shape index (κ1) is 19.9. The molecule has 2 aromatic rings. The molecule has 0 bridgehead atoms. The van der Waals surface area contributed by atoms with Gasteiger partial charge in [0.1, 0.15) is 39.9 Å². The molecule has 0 atom stereocenters. The molecule has 0 N–H and O–H groups in total. The molecule has 0 aromatic heterocycles. The highest BCUT2D eigenvalue weighted by atomic mass is 35.5. The molecule has 0 amide bonds. The summed E-state index contributed by atoms with van der Waals surface area (Å²) >= 11 is 15.6. The van der Waals surface area contributed by atoms with E-state index < -0.39 is 0 Å². The number of hydrogen-bond donors (Lipinski definition) is 0. The van der Waals surface area contributed by atoms with Gasteiger partial charge in [0.2, 0.25) is 0 Å². The van der Waals surface area contributed by atoms with Crippen molar-refractivity contribution in [2.75, 3.05) is 0 Å². The average Bonchev–Trinajstić information content (AvgIpc) is 2.68. The van der Waals surface area contributed by atoms with Gasteiger partial charge in [-0.3, -0.25) is 0 Å². The average molecular weight is 447 g/mol. The van der Waals surface area contributed by atoms with Gasteiger partial charge in [0, 0.05) is 19.8 Å². The van der Waals surface area contributed by atoms with Gasteiger partial charge in [-0.2, -0.15) is 19.3 Å². The Labute approximate surface area is 179 Å². The van der Waals surface area contributed by atoms with Gasteiger partial charge < -0.3 is 0 Å². The first-order valence-electron chi connectivity index (χ1n) is 7.35. The van der Waals surface area contributed by atoms with Crippen molar-refractivity contribution in [3.05, 3.63) is 69.7 Å². The van der Waals surface area contributed by atoms with Crippen LogP contribution in [0.3, 0.4) is 0 Å². The molecule has 1 aliphatic rings. The number of hydrogen-bond acceptors (Lipinski definition) is 7. The molecular weight excluding hydrogens is 439 g/mol. The van der Waals surface area contributed by atoms with E-state index in [2.05, 4.69) is 8.80 Å². The van der Waals surface area contributed by atoms with Crippen molar-refractivity contribution in [3.63, 3.8) is 0 Å². The van der Waals surface area contributed by atoms with Crippen molar-refractivity contribution < 1.29 is 0 Å². The second kappa shape index (κ2) is 9.36. The second-order valence-electron chi connectivity index (χ2n) is 4.96. The fourth-order valence-corrected chi connectivity index (χ4v) is 4.77. The number of nitrogens with zero attached hydrogens (tertiary/aromatic N) is 4. The third kappa shape index (κ3) is 5.10. The molecule has 132 valence electrons. The summed E-state index contributed by atoms with van der Waals surface area (Å²) in [6.45, 7) is 0. The van der Waals surface area contributed by atoms with Crippen LogP contribution in [0.4, 0.5) is 0 Å². The maximum Gasteiger partial charge on any atom is 0.142 e.